The minimum Gasteiger partial charge on any atom is -0.337 e. The first-order chi connectivity index (χ1) is 12.7. The second-order valence-electron chi connectivity index (χ2n) is 7.07. The van der Waals surface area contributed by atoms with Crippen molar-refractivity contribution < 1.29 is 4.79 Å². The Morgan fingerprint density at radius 3 is 1.92 bits per heavy atom. The fourth-order valence-corrected chi connectivity index (χ4v) is 3.60. The molecule has 0 aliphatic heterocycles. The van der Waals surface area contributed by atoms with Gasteiger partial charge in [0, 0.05) is 13.1 Å². The Morgan fingerprint density at radius 1 is 0.962 bits per heavy atom. The van der Waals surface area contributed by atoms with Gasteiger partial charge in [0.1, 0.15) is 5.54 Å². The SMILES string of the molecule is N#CC1(NC(=O)CN(Cc2ccccc2)Cc2ccccc2)CCCC1. The maximum atomic E-state index is 12.7. The number of nitrogens with one attached hydrogen (secondary N) is 1. The number of benzene rings is 2. The van der Waals surface area contributed by atoms with Crippen LogP contribution in [0.25, 0.3) is 0 Å². The van der Waals surface area contributed by atoms with E-state index >= 15 is 0 Å². The van der Waals surface area contributed by atoms with E-state index in [1.165, 1.54) is 11.1 Å². The molecule has 134 valence electrons. The Morgan fingerprint density at radius 2 is 1.46 bits per heavy atom. The number of nitriles is 1. The van der Waals surface area contributed by atoms with Crippen LogP contribution >= 0.6 is 0 Å². The lowest BCUT2D eigenvalue weighted by molar-refractivity contribution is -0.123. The molecule has 1 saturated carbocycles. The summed E-state index contributed by atoms with van der Waals surface area (Å²) in [6.07, 6.45) is 3.52. The van der Waals surface area contributed by atoms with Gasteiger partial charge in [-0.3, -0.25) is 9.69 Å². The van der Waals surface area contributed by atoms with E-state index in [4.69, 9.17) is 0 Å². The summed E-state index contributed by atoms with van der Waals surface area (Å²) in [5.41, 5.74) is 1.68. The Labute approximate surface area is 155 Å². The van der Waals surface area contributed by atoms with Crippen LogP contribution in [0, 0.1) is 11.3 Å². The van der Waals surface area contributed by atoms with Crippen LogP contribution in [0.4, 0.5) is 0 Å². The normalized spacial score (nSPS) is 15.5. The molecule has 1 fully saturated rings. The zero-order valence-electron chi connectivity index (χ0n) is 15.0. The number of hydrogen-bond donors (Lipinski definition) is 1. The molecule has 0 saturated heterocycles. The predicted molar refractivity (Wildman–Crippen MR) is 102 cm³/mol. The molecule has 0 heterocycles. The molecule has 4 heteroatoms. The summed E-state index contributed by atoms with van der Waals surface area (Å²) in [5.74, 6) is -0.0692. The van der Waals surface area contributed by atoms with Crippen LogP contribution in [0.1, 0.15) is 36.8 Å². The molecule has 0 aromatic heterocycles. The van der Waals surface area contributed by atoms with Crippen LogP contribution < -0.4 is 5.32 Å². The highest BCUT2D eigenvalue weighted by Crippen LogP contribution is 2.28. The standard InChI is InChI=1S/C22H25N3O/c23-18-22(13-7-8-14-22)24-21(26)17-25(15-19-9-3-1-4-10-19)16-20-11-5-2-6-12-20/h1-6,9-12H,7-8,13-17H2,(H,24,26). The van der Waals surface area contributed by atoms with Crippen LogP contribution in [0.2, 0.25) is 0 Å². The fraction of sp³-hybridized carbons (Fsp3) is 0.364. The van der Waals surface area contributed by atoms with E-state index in [2.05, 4.69) is 40.6 Å². The van der Waals surface area contributed by atoms with Gasteiger partial charge in [0.15, 0.2) is 0 Å². The van der Waals surface area contributed by atoms with Gasteiger partial charge in [0.25, 0.3) is 0 Å². The molecular weight excluding hydrogens is 322 g/mol. The third-order valence-electron chi connectivity index (χ3n) is 4.92. The lowest BCUT2D eigenvalue weighted by atomic mass is 10.00. The van der Waals surface area contributed by atoms with Gasteiger partial charge >= 0.3 is 0 Å². The first kappa shape index (κ1) is 18.2. The highest BCUT2D eigenvalue weighted by molar-refractivity contribution is 5.79. The number of nitrogens with zero attached hydrogens (tertiary/aromatic N) is 2. The van der Waals surface area contributed by atoms with Crippen molar-refractivity contribution in [2.45, 2.75) is 44.3 Å². The molecule has 3 rings (SSSR count). The summed E-state index contributed by atoms with van der Waals surface area (Å²) in [4.78, 5) is 14.8. The highest BCUT2D eigenvalue weighted by atomic mass is 16.2. The van der Waals surface area contributed by atoms with Crippen LogP contribution in [-0.2, 0) is 17.9 Å². The van der Waals surface area contributed by atoms with Crippen molar-refractivity contribution in [3.8, 4) is 6.07 Å². The second-order valence-corrected chi connectivity index (χ2v) is 7.07. The first-order valence-electron chi connectivity index (χ1n) is 9.22. The van der Waals surface area contributed by atoms with E-state index in [-0.39, 0.29) is 12.5 Å². The molecule has 2 aromatic rings. The van der Waals surface area contributed by atoms with Gasteiger partial charge < -0.3 is 5.32 Å². The molecule has 0 atom stereocenters. The Bertz CT molecular complexity index is 704. The van der Waals surface area contributed by atoms with Gasteiger partial charge in [0.05, 0.1) is 12.6 Å². The summed E-state index contributed by atoms with van der Waals surface area (Å²) in [5, 5.41) is 12.5. The molecule has 1 amide bonds. The largest absolute Gasteiger partial charge is 0.337 e. The molecule has 0 unspecified atom stereocenters. The van der Waals surface area contributed by atoms with Gasteiger partial charge in [-0.05, 0) is 36.8 Å². The monoisotopic (exact) mass is 347 g/mol. The summed E-state index contributed by atoms with van der Waals surface area (Å²) in [7, 11) is 0. The number of carbonyl (C=O) groups excluding carboxylic acids is 1. The van der Waals surface area contributed by atoms with E-state index in [1.807, 2.05) is 36.4 Å². The van der Waals surface area contributed by atoms with Gasteiger partial charge in [-0.15, -0.1) is 0 Å². The molecule has 1 aliphatic rings. The van der Waals surface area contributed by atoms with Gasteiger partial charge in [-0.25, -0.2) is 0 Å². The zero-order valence-corrected chi connectivity index (χ0v) is 15.0. The number of rotatable bonds is 7. The predicted octanol–water partition coefficient (Wildman–Crippen LogP) is 3.64. The molecule has 4 nitrogen and oxygen atoms in total. The maximum absolute atomic E-state index is 12.7. The molecule has 26 heavy (non-hydrogen) atoms. The van der Waals surface area contributed by atoms with E-state index in [9.17, 15) is 10.1 Å². The van der Waals surface area contributed by atoms with Crippen molar-refractivity contribution in [2.75, 3.05) is 6.54 Å². The zero-order chi connectivity index (χ0) is 18.2. The first-order valence-corrected chi connectivity index (χ1v) is 9.22. The molecule has 0 radical (unpaired) electrons. The summed E-state index contributed by atoms with van der Waals surface area (Å²) in [6, 6.07) is 22.7. The summed E-state index contributed by atoms with van der Waals surface area (Å²) in [6.45, 7) is 1.68. The topological polar surface area (TPSA) is 56.1 Å². The van der Waals surface area contributed by atoms with E-state index in [0.717, 1.165) is 25.7 Å². The fourth-order valence-electron chi connectivity index (χ4n) is 3.60. The van der Waals surface area contributed by atoms with Crippen LogP contribution in [0.15, 0.2) is 60.7 Å². The van der Waals surface area contributed by atoms with Crippen molar-refractivity contribution in [1.82, 2.24) is 10.2 Å². The molecule has 0 bridgehead atoms. The maximum Gasteiger partial charge on any atom is 0.235 e. The molecule has 0 spiro atoms. The summed E-state index contributed by atoms with van der Waals surface area (Å²) < 4.78 is 0. The summed E-state index contributed by atoms with van der Waals surface area (Å²) >= 11 is 0. The number of hydrogen-bond acceptors (Lipinski definition) is 3. The molecular formula is C22H25N3O. The van der Waals surface area contributed by atoms with Crippen molar-refractivity contribution in [1.29, 1.82) is 5.26 Å². The molecule has 1 N–H and O–H groups in total. The smallest absolute Gasteiger partial charge is 0.235 e. The van der Waals surface area contributed by atoms with E-state index < -0.39 is 5.54 Å². The third-order valence-corrected chi connectivity index (χ3v) is 4.92. The average Bonchev–Trinajstić information content (AvgIpc) is 3.12. The quantitative estimate of drug-likeness (QED) is 0.832. The third kappa shape index (κ3) is 4.93. The van der Waals surface area contributed by atoms with Gasteiger partial charge in [0.2, 0.25) is 5.91 Å². The Hall–Kier alpha value is -2.64. The van der Waals surface area contributed by atoms with Crippen LogP contribution in [0.3, 0.4) is 0 Å². The minimum atomic E-state index is -0.664. The van der Waals surface area contributed by atoms with Crippen molar-refractivity contribution in [2.24, 2.45) is 0 Å². The molecule has 2 aromatic carbocycles. The highest BCUT2D eigenvalue weighted by Gasteiger charge is 2.35. The minimum absolute atomic E-state index is 0.0692. The lowest BCUT2D eigenvalue weighted by Crippen LogP contribution is -2.48. The molecule has 1 aliphatic carbocycles. The van der Waals surface area contributed by atoms with Crippen molar-refractivity contribution >= 4 is 5.91 Å². The van der Waals surface area contributed by atoms with Crippen LogP contribution in [-0.4, -0.2) is 22.9 Å². The Kier molecular flexibility index (Phi) is 6.04. The number of carbonyl (C=O) groups is 1. The van der Waals surface area contributed by atoms with Gasteiger partial charge in [-0.2, -0.15) is 5.26 Å². The number of amides is 1. The van der Waals surface area contributed by atoms with E-state index in [1.54, 1.807) is 0 Å². The lowest BCUT2D eigenvalue weighted by Gasteiger charge is -2.26. The van der Waals surface area contributed by atoms with Crippen molar-refractivity contribution in [3.05, 3.63) is 71.8 Å². The van der Waals surface area contributed by atoms with E-state index in [0.29, 0.717) is 13.1 Å². The van der Waals surface area contributed by atoms with Gasteiger partial charge in [-0.1, -0.05) is 60.7 Å². The van der Waals surface area contributed by atoms with Crippen molar-refractivity contribution in [3.63, 3.8) is 0 Å². The average molecular weight is 347 g/mol. The Balaban J connectivity index is 1.68. The second kappa shape index (κ2) is 8.64. The van der Waals surface area contributed by atoms with Crippen LogP contribution in [0.5, 0.6) is 0 Å².